The highest BCUT2D eigenvalue weighted by molar-refractivity contribution is 7.49. The number of nitrogen functional groups attached to an aromatic ring is 1. The first-order valence-electron chi connectivity index (χ1n) is 13.3. The normalized spacial score (nSPS) is 12.1. The van der Waals surface area contributed by atoms with Crippen molar-refractivity contribution in [2.75, 3.05) is 43.0 Å². The third kappa shape index (κ3) is 11.4. The third-order valence-corrected chi connectivity index (χ3v) is 8.04. The van der Waals surface area contributed by atoms with Crippen LogP contribution in [0.1, 0.15) is 38.8 Å². The summed E-state index contributed by atoms with van der Waals surface area (Å²) in [7, 11) is -7.35. The summed E-state index contributed by atoms with van der Waals surface area (Å²) in [6.45, 7) is 7.55. The van der Waals surface area contributed by atoms with Gasteiger partial charge in [0.2, 0.25) is 5.95 Å². The zero-order valence-electron chi connectivity index (χ0n) is 24.2. The summed E-state index contributed by atoms with van der Waals surface area (Å²) in [5, 5.41) is 8.32. The third-order valence-electron chi connectivity index (χ3n) is 4.87. The highest BCUT2D eigenvalue weighted by Crippen LogP contribution is 2.50. The summed E-state index contributed by atoms with van der Waals surface area (Å²) < 4.78 is 56.4. The molecular formula is C26H35N7O8P2. The Hall–Kier alpha value is -3.84. The van der Waals surface area contributed by atoms with E-state index in [2.05, 4.69) is 31.0 Å². The van der Waals surface area contributed by atoms with Crippen LogP contribution in [0.25, 0.3) is 0 Å². The molecule has 17 heteroatoms. The average Bonchev–Trinajstić information content (AvgIpc) is 2.95. The van der Waals surface area contributed by atoms with E-state index in [-0.39, 0.29) is 32.4 Å². The van der Waals surface area contributed by atoms with Crippen LogP contribution in [0.2, 0.25) is 0 Å². The highest BCUT2D eigenvalue weighted by atomic mass is 31.2. The van der Waals surface area contributed by atoms with Crippen LogP contribution in [0, 0.1) is 0 Å². The number of nitrogens with two attached hydrogens (primary N) is 1. The molecule has 2 aromatic carbocycles. The van der Waals surface area contributed by atoms with E-state index in [0.717, 1.165) is 11.1 Å². The predicted octanol–water partition coefficient (Wildman–Crippen LogP) is 6.07. The van der Waals surface area contributed by atoms with Gasteiger partial charge in [0.05, 0.1) is 38.9 Å². The molecule has 43 heavy (non-hydrogen) atoms. The van der Waals surface area contributed by atoms with E-state index in [1.165, 1.54) is 0 Å². The molecule has 0 atom stereocenters. The van der Waals surface area contributed by atoms with Crippen molar-refractivity contribution in [1.82, 2.24) is 9.97 Å². The van der Waals surface area contributed by atoms with E-state index in [1.807, 2.05) is 0 Å². The first-order chi connectivity index (χ1) is 20.7. The Morgan fingerprint density at radius 2 is 1.02 bits per heavy atom. The van der Waals surface area contributed by atoms with Gasteiger partial charge in [-0.05, 0) is 87.4 Å². The Balaban J connectivity index is 1.56. The maximum Gasteiger partial charge on any atom is 0.530 e. The molecule has 3 aromatic rings. The van der Waals surface area contributed by atoms with Gasteiger partial charge in [0.1, 0.15) is 11.5 Å². The van der Waals surface area contributed by atoms with Crippen molar-refractivity contribution in [3.63, 3.8) is 0 Å². The SMILES string of the molecule is CCOP(=O)(OCC)Oc1ccc(C=NNc2cc(NN=Cc3ccc(OP(=O)(OCC)OCC)cc3)nc(N)n2)cc1. The van der Waals surface area contributed by atoms with Crippen LogP contribution in [0.15, 0.2) is 64.8 Å². The topological polar surface area (TPSA) is 190 Å². The average molecular weight is 636 g/mol. The maximum absolute atomic E-state index is 12.5. The van der Waals surface area contributed by atoms with Gasteiger partial charge in [-0.2, -0.15) is 20.2 Å². The number of phosphoric acid groups is 2. The van der Waals surface area contributed by atoms with Gasteiger partial charge in [-0.1, -0.05) is 0 Å². The van der Waals surface area contributed by atoms with Crippen LogP contribution >= 0.6 is 15.6 Å². The van der Waals surface area contributed by atoms with E-state index in [1.54, 1.807) is 94.7 Å². The molecular weight excluding hydrogens is 600 g/mol. The van der Waals surface area contributed by atoms with Gasteiger partial charge in [0.15, 0.2) is 11.6 Å². The lowest BCUT2D eigenvalue weighted by Gasteiger charge is -2.16. The minimum absolute atomic E-state index is 0.00181. The zero-order chi connectivity index (χ0) is 31.1. The van der Waals surface area contributed by atoms with Crippen molar-refractivity contribution in [2.45, 2.75) is 27.7 Å². The summed E-state index contributed by atoms with van der Waals surface area (Å²) in [5.74, 6) is 1.31. The van der Waals surface area contributed by atoms with Gasteiger partial charge >= 0.3 is 15.6 Å². The number of benzene rings is 2. The molecule has 15 nitrogen and oxygen atoms in total. The zero-order valence-corrected chi connectivity index (χ0v) is 26.0. The fourth-order valence-corrected chi connectivity index (χ4v) is 5.61. The molecule has 0 radical (unpaired) electrons. The lowest BCUT2D eigenvalue weighted by molar-refractivity contribution is 0.166. The number of anilines is 3. The van der Waals surface area contributed by atoms with Crippen LogP contribution < -0.4 is 25.6 Å². The molecule has 0 saturated carbocycles. The largest absolute Gasteiger partial charge is 0.530 e. The summed E-state index contributed by atoms with van der Waals surface area (Å²) in [4.78, 5) is 8.20. The Labute approximate surface area is 250 Å². The number of nitrogens with zero attached hydrogens (tertiary/aromatic N) is 4. The number of phosphoric ester groups is 2. The minimum atomic E-state index is -3.68. The van der Waals surface area contributed by atoms with Gasteiger partial charge in [-0.15, -0.1) is 0 Å². The summed E-state index contributed by atoms with van der Waals surface area (Å²) in [6.07, 6.45) is 3.10. The number of hydrogen-bond donors (Lipinski definition) is 3. The molecule has 232 valence electrons. The second-order valence-corrected chi connectivity index (χ2v) is 11.3. The van der Waals surface area contributed by atoms with Crippen molar-refractivity contribution in [2.24, 2.45) is 10.2 Å². The molecule has 0 saturated heterocycles. The van der Waals surface area contributed by atoms with Crippen LogP contribution in [-0.4, -0.2) is 48.8 Å². The van der Waals surface area contributed by atoms with Crippen molar-refractivity contribution in [3.8, 4) is 11.5 Å². The molecule has 3 rings (SSSR count). The fourth-order valence-electron chi connectivity index (χ4n) is 3.23. The second kappa shape index (κ2) is 16.7. The fraction of sp³-hybridized carbons (Fsp3) is 0.308. The highest BCUT2D eigenvalue weighted by Gasteiger charge is 2.28. The minimum Gasteiger partial charge on any atom is -0.404 e. The molecule has 0 bridgehead atoms. The quantitative estimate of drug-likeness (QED) is 0.0830. The molecule has 0 aliphatic heterocycles. The summed E-state index contributed by atoms with van der Waals surface area (Å²) in [6, 6.07) is 14.9. The predicted molar refractivity (Wildman–Crippen MR) is 165 cm³/mol. The Morgan fingerprint density at radius 1 is 0.674 bits per heavy atom. The number of aromatic nitrogens is 2. The van der Waals surface area contributed by atoms with Crippen molar-refractivity contribution < 1.29 is 36.3 Å². The monoisotopic (exact) mass is 635 g/mol. The van der Waals surface area contributed by atoms with E-state index < -0.39 is 15.6 Å². The van der Waals surface area contributed by atoms with Crippen LogP contribution in [0.4, 0.5) is 17.6 Å². The lowest BCUT2D eigenvalue weighted by atomic mass is 10.2. The second-order valence-electron chi connectivity index (χ2n) is 8.12. The number of hydrazone groups is 2. The first-order valence-corrected chi connectivity index (χ1v) is 16.2. The van der Waals surface area contributed by atoms with Crippen LogP contribution in [-0.2, 0) is 27.2 Å². The summed E-state index contributed by atoms with van der Waals surface area (Å²) >= 11 is 0. The summed E-state index contributed by atoms with van der Waals surface area (Å²) in [5.41, 5.74) is 12.8. The lowest BCUT2D eigenvalue weighted by Crippen LogP contribution is -2.03. The Kier molecular flexibility index (Phi) is 13.1. The molecule has 1 heterocycles. The van der Waals surface area contributed by atoms with E-state index in [9.17, 15) is 9.13 Å². The number of hydrogen-bond acceptors (Lipinski definition) is 15. The molecule has 0 aliphatic rings. The molecule has 1 aromatic heterocycles. The van der Waals surface area contributed by atoms with Gasteiger partial charge in [0, 0.05) is 6.07 Å². The van der Waals surface area contributed by atoms with Gasteiger partial charge in [-0.25, -0.2) is 9.13 Å². The Bertz CT molecular complexity index is 1330. The molecule has 0 spiro atoms. The van der Waals surface area contributed by atoms with Crippen LogP contribution in [0.3, 0.4) is 0 Å². The van der Waals surface area contributed by atoms with Crippen molar-refractivity contribution >= 4 is 45.7 Å². The molecule has 0 aliphatic carbocycles. The van der Waals surface area contributed by atoms with Crippen LogP contribution in [0.5, 0.6) is 11.5 Å². The van der Waals surface area contributed by atoms with Gasteiger partial charge in [-0.3, -0.25) is 28.9 Å². The van der Waals surface area contributed by atoms with E-state index >= 15 is 0 Å². The molecule has 0 fully saturated rings. The first kappa shape index (κ1) is 33.7. The van der Waals surface area contributed by atoms with E-state index in [0.29, 0.717) is 23.1 Å². The van der Waals surface area contributed by atoms with Gasteiger partial charge in [0.25, 0.3) is 0 Å². The molecule has 0 unspecified atom stereocenters. The maximum atomic E-state index is 12.5. The van der Waals surface area contributed by atoms with Gasteiger partial charge < -0.3 is 14.8 Å². The standard InChI is InChI=1S/C26H35N7O8P2/c1-5-36-42(34,37-6-2)40-22-13-9-20(10-14-22)18-28-32-24-17-25(31-26(27)30-24)33-29-19-21-11-15-23(16-12-21)41-43(35,38-7-3)39-8-4/h9-19H,5-8H2,1-4H3,(H4,27,30,31,32,33). The Morgan fingerprint density at radius 3 is 1.35 bits per heavy atom. The number of nitrogens with one attached hydrogen (secondary N) is 2. The van der Waals surface area contributed by atoms with Crippen molar-refractivity contribution in [1.29, 1.82) is 0 Å². The number of rotatable bonds is 18. The van der Waals surface area contributed by atoms with E-state index in [4.69, 9.17) is 32.9 Å². The molecule has 4 N–H and O–H groups in total. The van der Waals surface area contributed by atoms with Crippen molar-refractivity contribution in [3.05, 3.63) is 65.7 Å². The smallest absolute Gasteiger partial charge is 0.404 e. The molecule has 0 amide bonds.